The van der Waals surface area contributed by atoms with E-state index in [0.717, 1.165) is 5.56 Å². The number of rotatable bonds is 2. The largest absolute Gasteiger partial charge is 0.452 e. The molecular formula is C14H10Cl3N3O. The average molecular weight is 343 g/mol. The molecule has 7 heteroatoms. The third-order valence-electron chi connectivity index (χ3n) is 3.17. The van der Waals surface area contributed by atoms with Crippen LogP contribution in [-0.4, -0.2) is 9.78 Å². The SMILES string of the molecule is Cn1nc(-c2ccoc2Cl)c(-c2ccc(Cl)cc2Cl)c1N. The predicted molar refractivity (Wildman–Crippen MR) is 85.8 cm³/mol. The lowest BCUT2D eigenvalue weighted by Crippen LogP contribution is -1.98. The van der Waals surface area contributed by atoms with Gasteiger partial charge in [0.05, 0.1) is 22.4 Å². The second-order valence-electron chi connectivity index (χ2n) is 4.46. The highest BCUT2D eigenvalue weighted by Crippen LogP contribution is 2.42. The maximum absolute atomic E-state index is 6.28. The van der Waals surface area contributed by atoms with Crippen LogP contribution >= 0.6 is 34.8 Å². The molecular weight excluding hydrogens is 333 g/mol. The van der Waals surface area contributed by atoms with Crippen molar-refractivity contribution in [3.05, 3.63) is 45.8 Å². The fourth-order valence-electron chi connectivity index (χ4n) is 2.15. The van der Waals surface area contributed by atoms with Crippen molar-refractivity contribution in [3.8, 4) is 22.4 Å². The van der Waals surface area contributed by atoms with Crippen LogP contribution in [0.2, 0.25) is 15.3 Å². The van der Waals surface area contributed by atoms with Crippen LogP contribution in [0.3, 0.4) is 0 Å². The molecule has 3 rings (SSSR count). The molecule has 0 saturated carbocycles. The number of aryl methyl sites for hydroxylation is 1. The van der Waals surface area contributed by atoms with Crippen LogP contribution in [0.15, 0.2) is 34.9 Å². The monoisotopic (exact) mass is 341 g/mol. The van der Waals surface area contributed by atoms with Gasteiger partial charge in [0.1, 0.15) is 11.5 Å². The lowest BCUT2D eigenvalue weighted by molar-refractivity contribution is 0.570. The molecule has 108 valence electrons. The molecule has 4 nitrogen and oxygen atoms in total. The Bertz CT molecular complexity index is 823. The first-order valence-electron chi connectivity index (χ1n) is 6.00. The summed E-state index contributed by atoms with van der Waals surface area (Å²) in [4.78, 5) is 0. The quantitative estimate of drug-likeness (QED) is 0.721. The van der Waals surface area contributed by atoms with Crippen LogP contribution in [0, 0.1) is 0 Å². The summed E-state index contributed by atoms with van der Waals surface area (Å²) in [5.41, 5.74) is 8.83. The number of halogens is 3. The number of benzene rings is 1. The van der Waals surface area contributed by atoms with Crippen molar-refractivity contribution in [1.29, 1.82) is 0 Å². The molecule has 0 amide bonds. The van der Waals surface area contributed by atoms with Crippen molar-refractivity contribution in [3.63, 3.8) is 0 Å². The summed E-state index contributed by atoms with van der Waals surface area (Å²) in [5, 5.41) is 5.70. The molecule has 2 heterocycles. The minimum absolute atomic E-state index is 0.249. The second kappa shape index (κ2) is 5.30. The van der Waals surface area contributed by atoms with E-state index >= 15 is 0 Å². The molecule has 0 spiro atoms. The first-order chi connectivity index (χ1) is 9.99. The highest BCUT2D eigenvalue weighted by molar-refractivity contribution is 6.37. The number of nitrogen functional groups attached to an aromatic ring is 1. The standard InChI is InChI=1S/C14H10Cl3N3O/c1-20-14(18)11(8-3-2-7(15)6-10(8)16)12(19-20)9-4-5-21-13(9)17/h2-6H,18H2,1H3. The molecule has 2 aromatic heterocycles. The van der Waals surface area contributed by atoms with E-state index in [1.165, 1.54) is 6.26 Å². The van der Waals surface area contributed by atoms with Gasteiger partial charge >= 0.3 is 0 Å². The molecule has 0 aliphatic carbocycles. The van der Waals surface area contributed by atoms with Crippen LogP contribution in [-0.2, 0) is 7.05 Å². The van der Waals surface area contributed by atoms with Crippen LogP contribution in [0.1, 0.15) is 0 Å². The summed E-state index contributed by atoms with van der Waals surface area (Å²) >= 11 is 18.3. The van der Waals surface area contributed by atoms with Crippen molar-refractivity contribution >= 4 is 40.6 Å². The number of nitrogens with zero attached hydrogens (tertiary/aromatic N) is 2. The Morgan fingerprint density at radius 1 is 1.14 bits per heavy atom. The average Bonchev–Trinajstić information content (AvgIpc) is 2.96. The Labute approximate surface area is 136 Å². The smallest absolute Gasteiger partial charge is 0.202 e. The molecule has 2 N–H and O–H groups in total. The van der Waals surface area contributed by atoms with Gasteiger partial charge in [-0.25, -0.2) is 0 Å². The Morgan fingerprint density at radius 3 is 2.52 bits per heavy atom. The van der Waals surface area contributed by atoms with E-state index in [1.807, 2.05) is 0 Å². The Kier molecular flexibility index (Phi) is 3.61. The van der Waals surface area contributed by atoms with E-state index in [-0.39, 0.29) is 5.22 Å². The number of furan rings is 1. The fourth-order valence-corrected chi connectivity index (χ4v) is 2.85. The van der Waals surface area contributed by atoms with E-state index in [1.54, 1.807) is 36.0 Å². The number of aromatic nitrogens is 2. The maximum Gasteiger partial charge on any atom is 0.202 e. The topological polar surface area (TPSA) is 57.0 Å². The van der Waals surface area contributed by atoms with Crippen molar-refractivity contribution in [1.82, 2.24) is 9.78 Å². The van der Waals surface area contributed by atoms with E-state index in [0.29, 0.717) is 32.7 Å². The van der Waals surface area contributed by atoms with Crippen molar-refractivity contribution in [2.75, 3.05) is 5.73 Å². The van der Waals surface area contributed by atoms with Gasteiger partial charge in [-0.05, 0) is 29.8 Å². The van der Waals surface area contributed by atoms with Crippen LogP contribution in [0.25, 0.3) is 22.4 Å². The normalized spacial score (nSPS) is 11.0. The van der Waals surface area contributed by atoms with Gasteiger partial charge in [0.2, 0.25) is 5.22 Å². The summed E-state index contributed by atoms with van der Waals surface area (Å²) in [6, 6.07) is 6.94. The third kappa shape index (κ3) is 2.39. The van der Waals surface area contributed by atoms with Gasteiger partial charge in [-0.1, -0.05) is 29.3 Å². The second-order valence-corrected chi connectivity index (χ2v) is 5.65. The van der Waals surface area contributed by atoms with Gasteiger partial charge in [0, 0.05) is 17.6 Å². The molecule has 3 aromatic rings. The van der Waals surface area contributed by atoms with E-state index in [4.69, 9.17) is 45.0 Å². The van der Waals surface area contributed by atoms with Crippen molar-refractivity contribution in [2.24, 2.45) is 7.05 Å². The minimum atomic E-state index is 0.249. The summed E-state index contributed by atoms with van der Waals surface area (Å²) in [6.45, 7) is 0. The van der Waals surface area contributed by atoms with Crippen LogP contribution in [0.4, 0.5) is 5.82 Å². The van der Waals surface area contributed by atoms with Crippen molar-refractivity contribution < 1.29 is 4.42 Å². The zero-order chi connectivity index (χ0) is 15.1. The first kappa shape index (κ1) is 14.3. The summed E-state index contributed by atoms with van der Waals surface area (Å²) in [5.74, 6) is 0.478. The predicted octanol–water partition coefficient (Wildman–Crippen LogP) is 4.89. The number of hydrogen-bond acceptors (Lipinski definition) is 3. The molecule has 0 bridgehead atoms. The van der Waals surface area contributed by atoms with Crippen LogP contribution in [0.5, 0.6) is 0 Å². The molecule has 0 radical (unpaired) electrons. The summed E-state index contributed by atoms with van der Waals surface area (Å²) in [6.07, 6.45) is 1.50. The molecule has 0 aliphatic rings. The molecule has 0 saturated heterocycles. The lowest BCUT2D eigenvalue weighted by Gasteiger charge is -2.06. The molecule has 0 atom stereocenters. The molecule has 1 aromatic carbocycles. The Morgan fingerprint density at radius 2 is 1.90 bits per heavy atom. The minimum Gasteiger partial charge on any atom is -0.452 e. The third-order valence-corrected chi connectivity index (χ3v) is 4.01. The molecule has 21 heavy (non-hydrogen) atoms. The highest BCUT2D eigenvalue weighted by Gasteiger charge is 2.22. The van der Waals surface area contributed by atoms with Crippen molar-refractivity contribution in [2.45, 2.75) is 0 Å². The number of nitrogens with two attached hydrogens (primary N) is 1. The van der Waals surface area contributed by atoms with E-state index in [2.05, 4.69) is 5.10 Å². The maximum atomic E-state index is 6.28. The molecule has 0 unspecified atom stereocenters. The van der Waals surface area contributed by atoms with E-state index in [9.17, 15) is 0 Å². The zero-order valence-corrected chi connectivity index (χ0v) is 13.2. The summed E-state index contributed by atoms with van der Waals surface area (Å²) in [7, 11) is 1.75. The Balaban J connectivity index is 2.30. The van der Waals surface area contributed by atoms with Gasteiger partial charge in [-0.2, -0.15) is 5.10 Å². The number of hydrogen-bond donors (Lipinski definition) is 1. The van der Waals surface area contributed by atoms with Gasteiger partial charge in [-0.3, -0.25) is 4.68 Å². The molecule has 0 fully saturated rings. The van der Waals surface area contributed by atoms with E-state index < -0.39 is 0 Å². The van der Waals surface area contributed by atoms with Gasteiger partial charge in [0.25, 0.3) is 0 Å². The zero-order valence-electron chi connectivity index (χ0n) is 10.9. The fraction of sp³-hybridized carbons (Fsp3) is 0.0714. The van der Waals surface area contributed by atoms with Crippen LogP contribution < -0.4 is 5.73 Å². The van der Waals surface area contributed by atoms with Gasteiger partial charge < -0.3 is 10.2 Å². The highest BCUT2D eigenvalue weighted by atomic mass is 35.5. The lowest BCUT2D eigenvalue weighted by atomic mass is 10.0. The summed E-state index contributed by atoms with van der Waals surface area (Å²) < 4.78 is 6.70. The van der Waals surface area contributed by atoms with Gasteiger partial charge in [-0.15, -0.1) is 0 Å². The number of anilines is 1. The van der Waals surface area contributed by atoms with Gasteiger partial charge in [0.15, 0.2) is 0 Å². The first-order valence-corrected chi connectivity index (χ1v) is 7.13. The Hall–Kier alpha value is -1.62. The molecule has 0 aliphatic heterocycles.